The molecular formula is C33H47FN2O4. The molecule has 220 valence electrons. The summed E-state index contributed by atoms with van der Waals surface area (Å²) in [6.07, 6.45) is 11.7. The smallest absolute Gasteiger partial charge is 0.338 e. The number of ether oxygens (including phenoxy) is 1. The summed E-state index contributed by atoms with van der Waals surface area (Å²) < 4.78 is 21.0. The van der Waals surface area contributed by atoms with E-state index in [1.54, 1.807) is 12.1 Å². The molecule has 3 N–H and O–H groups in total. The molecule has 1 heterocycles. The Labute approximate surface area is 238 Å². The molecule has 6 rings (SSSR count). The third-order valence-electron chi connectivity index (χ3n) is 11.9. The van der Waals surface area contributed by atoms with Crippen molar-refractivity contribution in [3.63, 3.8) is 0 Å². The van der Waals surface area contributed by atoms with Crippen LogP contribution in [0.1, 0.15) is 92.2 Å². The third-order valence-corrected chi connectivity index (χ3v) is 11.9. The van der Waals surface area contributed by atoms with Crippen molar-refractivity contribution >= 4 is 12.0 Å². The highest BCUT2D eigenvalue weighted by Crippen LogP contribution is 2.75. The molecule has 0 spiro atoms. The number of aromatic nitrogens is 2. The topological polar surface area (TPSA) is 95.8 Å². The molecule has 1 aromatic carbocycles. The van der Waals surface area contributed by atoms with Gasteiger partial charge in [-0.3, -0.25) is 0 Å². The van der Waals surface area contributed by atoms with E-state index in [1.165, 1.54) is 23.3 Å². The lowest BCUT2D eigenvalue weighted by Crippen LogP contribution is -2.64. The number of allylic oxidation sites excluding steroid dienone is 1. The molecule has 3 saturated carbocycles. The first-order valence-corrected chi connectivity index (χ1v) is 15.0. The summed E-state index contributed by atoms with van der Waals surface area (Å²) in [5, 5.41) is 16.7. The molecular weight excluding hydrogens is 507 g/mol. The van der Waals surface area contributed by atoms with Gasteiger partial charge in [0.25, 0.3) is 0 Å². The number of hydrogen-bond donors (Lipinski definition) is 1. The van der Waals surface area contributed by atoms with Gasteiger partial charge in [-0.25, -0.2) is 13.9 Å². The van der Waals surface area contributed by atoms with Crippen LogP contribution in [-0.4, -0.2) is 38.5 Å². The first-order chi connectivity index (χ1) is 18.6. The first-order valence-electron chi connectivity index (χ1n) is 15.0. The van der Waals surface area contributed by atoms with Crippen LogP contribution in [0.3, 0.4) is 0 Å². The SMILES string of the molecule is CCOC(=O)[C@@]1(O)CC[C@H]2[C@]3(CC)CCC4=Cc5c(cnn5-c5ccc(F)cc5)C[C@]4(C)[C@H]3C(CC)C[C@@]21C.O.[HH]. The van der Waals surface area contributed by atoms with E-state index >= 15 is 0 Å². The Hall–Kier alpha value is -2.51. The lowest BCUT2D eigenvalue weighted by Gasteiger charge is -2.67. The van der Waals surface area contributed by atoms with E-state index in [-0.39, 0.29) is 29.5 Å². The third kappa shape index (κ3) is 3.65. The van der Waals surface area contributed by atoms with E-state index in [0.717, 1.165) is 56.3 Å². The van der Waals surface area contributed by atoms with Crippen LogP contribution in [0.5, 0.6) is 0 Å². The zero-order chi connectivity index (χ0) is 27.8. The van der Waals surface area contributed by atoms with Gasteiger partial charge in [0.2, 0.25) is 0 Å². The van der Waals surface area contributed by atoms with Crippen LogP contribution in [-0.2, 0) is 16.0 Å². The molecule has 2 aromatic rings. The molecule has 6 nitrogen and oxygen atoms in total. The Morgan fingerprint density at radius 2 is 1.93 bits per heavy atom. The van der Waals surface area contributed by atoms with Crippen molar-refractivity contribution in [2.45, 2.75) is 91.6 Å². The molecule has 1 unspecified atom stereocenters. The predicted octanol–water partition coefficient (Wildman–Crippen LogP) is 6.33. The van der Waals surface area contributed by atoms with Gasteiger partial charge in [0, 0.05) is 6.84 Å². The van der Waals surface area contributed by atoms with Crippen LogP contribution in [0.25, 0.3) is 11.8 Å². The van der Waals surface area contributed by atoms with Crippen molar-refractivity contribution < 1.29 is 25.9 Å². The molecule has 7 heteroatoms. The van der Waals surface area contributed by atoms with E-state index in [1.807, 2.05) is 17.8 Å². The zero-order valence-corrected chi connectivity index (χ0v) is 24.6. The lowest BCUT2D eigenvalue weighted by molar-refractivity contribution is -0.210. The van der Waals surface area contributed by atoms with Crippen LogP contribution in [0.2, 0.25) is 0 Å². The second-order valence-corrected chi connectivity index (χ2v) is 13.2. The second-order valence-electron chi connectivity index (χ2n) is 13.2. The molecule has 0 bridgehead atoms. The summed E-state index contributed by atoms with van der Waals surface area (Å²) in [6, 6.07) is 6.56. The van der Waals surface area contributed by atoms with Crippen molar-refractivity contribution in [3.8, 4) is 5.69 Å². The minimum Gasteiger partial charge on any atom is -0.464 e. The van der Waals surface area contributed by atoms with Gasteiger partial charge in [0.1, 0.15) is 5.82 Å². The van der Waals surface area contributed by atoms with E-state index in [2.05, 4.69) is 33.8 Å². The molecule has 0 radical (unpaired) electrons. The van der Waals surface area contributed by atoms with E-state index in [9.17, 15) is 14.3 Å². The van der Waals surface area contributed by atoms with Gasteiger partial charge in [0.15, 0.2) is 5.60 Å². The van der Waals surface area contributed by atoms with Gasteiger partial charge in [-0.2, -0.15) is 5.10 Å². The molecule has 0 aliphatic heterocycles. The normalized spacial score (nSPS) is 37.8. The van der Waals surface area contributed by atoms with Crippen molar-refractivity contribution in [2.24, 2.45) is 34.0 Å². The Morgan fingerprint density at radius 3 is 2.58 bits per heavy atom. The van der Waals surface area contributed by atoms with Gasteiger partial charge in [-0.1, -0.05) is 39.7 Å². The van der Waals surface area contributed by atoms with Crippen LogP contribution in [0, 0.1) is 39.8 Å². The maximum absolute atomic E-state index is 13.6. The summed E-state index contributed by atoms with van der Waals surface area (Å²) >= 11 is 0. The fourth-order valence-electron chi connectivity index (χ4n) is 10.3. The summed E-state index contributed by atoms with van der Waals surface area (Å²) in [5.74, 6) is 0.467. The number of fused-ring (bicyclic) bond motifs is 6. The van der Waals surface area contributed by atoms with Gasteiger partial charge < -0.3 is 15.3 Å². The van der Waals surface area contributed by atoms with Crippen molar-refractivity contribution in [1.29, 1.82) is 0 Å². The second kappa shape index (κ2) is 9.80. The summed E-state index contributed by atoms with van der Waals surface area (Å²) in [7, 11) is 0. The zero-order valence-electron chi connectivity index (χ0n) is 24.6. The molecule has 0 saturated heterocycles. The molecule has 7 atom stereocenters. The first kappa shape index (κ1) is 29.0. The molecule has 0 amide bonds. The van der Waals surface area contributed by atoms with Gasteiger partial charge in [-0.05, 0) is 116 Å². The predicted molar refractivity (Wildman–Crippen MR) is 155 cm³/mol. The summed E-state index contributed by atoms with van der Waals surface area (Å²) in [5.41, 5.74) is 2.87. The molecule has 1 aromatic heterocycles. The average Bonchev–Trinajstić information content (AvgIpc) is 3.45. The average molecular weight is 555 g/mol. The van der Waals surface area contributed by atoms with E-state index in [4.69, 9.17) is 9.84 Å². The Morgan fingerprint density at radius 1 is 1.20 bits per heavy atom. The number of nitrogens with zero attached hydrogens (tertiary/aromatic N) is 2. The Bertz CT molecular complexity index is 1330. The van der Waals surface area contributed by atoms with Crippen LogP contribution >= 0.6 is 0 Å². The Kier molecular flexibility index (Phi) is 7.10. The number of esters is 1. The number of carbonyl (C=O) groups excluding carboxylic acids is 1. The number of aliphatic hydroxyl groups is 1. The highest BCUT2D eigenvalue weighted by atomic mass is 19.1. The quantitative estimate of drug-likeness (QED) is 0.437. The lowest BCUT2D eigenvalue weighted by atomic mass is 9.37. The van der Waals surface area contributed by atoms with Crippen LogP contribution in [0.4, 0.5) is 4.39 Å². The number of hydrogen-bond acceptors (Lipinski definition) is 4. The highest BCUT2D eigenvalue weighted by molar-refractivity contribution is 5.81. The largest absolute Gasteiger partial charge is 0.464 e. The molecule has 40 heavy (non-hydrogen) atoms. The number of benzene rings is 1. The highest BCUT2D eigenvalue weighted by Gasteiger charge is 2.73. The van der Waals surface area contributed by atoms with Gasteiger partial charge >= 0.3 is 5.97 Å². The van der Waals surface area contributed by atoms with Gasteiger partial charge in [0.05, 0.1) is 24.2 Å². The molecule has 4 aliphatic carbocycles. The van der Waals surface area contributed by atoms with E-state index in [0.29, 0.717) is 24.9 Å². The summed E-state index contributed by atoms with van der Waals surface area (Å²) in [4.78, 5) is 13.2. The minimum atomic E-state index is -1.42. The number of carbonyl (C=O) groups is 1. The fourth-order valence-corrected chi connectivity index (χ4v) is 10.3. The maximum atomic E-state index is 13.6. The Balaban J connectivity index is 0.00000194. The summed E-state index contributed by atoms with van der Waals surface area (Å²) in [6.45, 7) is 11.4. The monoisotopic (exact) mass is 554 g/mol. The molecule has 3 fully saturated rings. The maximum Gasteiger partial charge on any atom is 0.338 e. The minimum absolute atomic E-state index is 0. The van der Waals surface area contributed by atoms with Crippen molar-refractivity contribution in [2.75, 3.05) is 6.61 Å². The number of rotatable bonds is 5. The number of halogens is 1. The van der Waals surface area contributed by atoms with Crippen LogP contribution in [0.15, 0.2) is 36.0 Å². The molecule has 4 aliphatic rings. The standard InChI is InChI=1S/C33H43FN2O3.H2O.H2/c1-6-21-19-31(5)27(14-16-33(31,38)29(37)39-8-3)32(7-2)15-13-23-17-26-22(18-30(23,4)28(21)32)20-35-36(26)25-11-9-24(34)10-12-25;;/h9-12,17,20-21,27-28,38H,6-8,13-16,18-19H2,1-5H3;1H2;1H/t21?,27-,28-,30+,31+,32+,33+;;/m1../s1. The van der Waals surface area contributed by atoms with Crippen molar-refractivity contribution in [1.82, 2.24) is 9.78 Å². The van der Waals surface area contributed by atoms with Crippen molar-refractivity contribution in [3.05, 3.63) is 53.1 Å². The van der Waals surface area contributed by atoms with Crippen LogP contribution < -0.4 is 0 Å². The van der Waals surface area contributed by atoms with Gasteiger partial charge in [-0.15, -0.1) is 0 Å². The fraction of sp³-hybridized carbons (Fsp3) is 0.636. The van der Waals surface area contributed by atoms with E-state index < -0.39 is 17.0 Å².